The molecule has 1 aliphatic heterocycles. The van der Waals surface area contributed by atoms with E-state index in [9.17, 15) is 15.1 Å². The number of carbonyl (C=O) groups excluding carboxylic acids is 1. The number of benzene rings is 3. The first-order valence-electron chi connectivity index (χ1n) is 9.01. The van der Waals surface area contributed by atoms with Crippen molar-refractivity contribution in [2.24, 2.45) is 0 Å². The van der Waals surface area contributed by atoms with Crippen molar-refractivity contribution in [3.05, 3.63) is 112 Å². The van der Waals surface area contributed by atoms with Gasteiger partial charge in [0.2, 0.25) is 0 Å². The lowest BCUT2D eigenvalue weighted by molar-refractivity contribution is 0.0906. The molecule has 3 aromatic carbocycles. The lowest BCUT2D eigenvalue weighted by Crippen LogP contribution is -2.43. The smallest absolute Gasteiger partial charge is 0.256 e. The number of nitrogens with one attached hydrogen (secondary N) is 1. The van der Waals surface area contributed by atoms with Gasteiger partial charge in [0.05, 0.1) is 11.7 Å². The molecule has 4 rings (SSSR count). The van der Waals surface area contributed by atoms with Gasteiger partial charge >= 0.3 is 0 Å². The zero-order chi connectivity index (χ0) is 19.5. The third-order valence-electron chi connectivity index (χ3n) is 4.78. The molecule has 1 atom stereocenters. The van der Waals surface area contributed by atoms with E-state index in [1.807, 2.05) is 54.6 Å². The molecule has 1 unspecified atom stereocenters. The molecule has 0 radical (unpaired) electrons. The van der Waals surface area contributed by atoms with E-state index in [-0.39, 0.29) is 17.9 Å². The van der Waals surface area contributed by atoms with Crippen LogP contribution in [-0.2, 0) is 6.54 Å². The monoisotopic (exact) mass is 371 g/mol. The van der Waals surface area contributed by atoms with E-state index in [4.69, 9.17) is 0 Å². The fraction of sp³-hybridized carbons (Fsp3) is 0.0870. The van der Waals surface area contributed by atoms with Crippen molar-refractivity contribution in [1.82, 2.24) is 10.4 Å². The maximum Gasteiger partial charge on any atom is 0.256 e. The van der Waals surface area contributed by atoms with Crippen LogP contribution in [0.1, 0.15) is 27.0 Å². The quantitative estimate of drug-likeness (QED) is 0.732. The van der Waals surface area contributed by atoms with Crippen molar-refractivity contribution >= 4 is 11.5 Å². The lowest BCUT2D eigenvalue weighted by atomic mass is 9.94. The van der Waals surface area contributed by atoms with E-state index in [1.165, 1.54) is 12.1 Å². The minimum absolute atomic E-state index is 0.124. The SMILES string of the molecule is O=C(NC1C=C(c2ccccc2)c2ccccc2CN1[O-])c1ccccc1O. The van der Waals surface area contributed by atoms with Crippen molar-refractivity contribution in [3.63, 3.8) is 0 Å². The third kappa shape index (κ3) is 3.53. The number of hydrogen-bond donors (Lipinski definition) is 2. The van der Waals surface area contributed by atoms with Gasteiger partial charge in [-0.1, -0.05) is 66.7 Å². The second-order valence-electron chi connectivity index (χ2n) is 6.61. The van der Waals surface area contributed by atoms with Crippen molar-refractivity contribution in [1.29, 1.82) is 0 Å². The molecule has 2 N–H and O–H groups in total. The molecule has 1 aliphatic rings. The number of para-hydroxylation sites is 1. The summed E-state index contributed by atoms with van der Waals surface area (Å²) >= 11 is 0. The van der Waals surface area contributed by atoms with Crippen molar-refractivity contribution < 1.29 is 9.90 Å². The van der Waals surface area contributed by atoms with Crippen LogP contribution in [0.3, 0.4) is 0 Å². The topological polar surface area (TPSA) is 75.6 Å². The molecule has 5 heteroatoms. The molecule has 140 valence electrons. The summed E-state index contributed by atoms with van der Waals surface area (Å²) in [6.07, 6.45) is 0.904. The van der Waals surface area contributed by atoms with Crippen molar-refractivity contribution in [2.45, 2.75) is 12.7 Å². The van der Waals surface area contributed by atoms with Gasteiger partial charge in [-0.15, -0.1) is 0 Å². The Kier molecular flexibility index (Phi) is 4.93. The van der Waals surface area contributed by atoms with Gasteiger partial charge in [-0.3, -0.25) is 4.79 Å². The number of phenolic OH excluding ortho intramolecular Hbond substituents is 1. The van der Waals surface area contributed by atoms with Crippen LogP contribution in [0, 0.1) is 5.21 Å². The van der Waals surface area contributed by atoms with Crippen molar-refractivity contribution in [2.75, 3.05) is 0 Å². The molecular formula is C23H19N2O3-. The summed E-state index contributed by atoms with van der Waals surface area (Å²) in [5.74, 6) is -0.625. The predicted octanol–water partition coefficient (Wildman–Crippen LogP) is 3.89. The number of phenols is 1. The van der Waals surface area contributed by atoms with Crippen LogP contribution in [0.2, 0.25) is 0 Å². The molecule has 1 amide bonds. The second kappa shape index (κ2) is 7.68. The Morgan fingerprint density at radius 2 is 1.64 bits per heavy atom. The first-order chi connectivity index (χ1) is 13.6. The number of rotatable bonds is 3. The predicted molar refractivity (Wildman–Crippen MR) is 108 cm³/mol. The lowest BCUT2D eigenvalue weighted by Gasteiger charge is -2.34. The first kappa shape index (κ1) is 18.0. The molecule has 0 aliphatic carbocycles. The number of amides is 1. The summed E-state index contributed by atoms with van der Waals surface area (Å²) in [6.45, 7) is 0.148. The molecule has 3 aromatic rings. The summed E-state index contributed by atoms with van der Waals surface area (Å²) in [6, 6.07) is 23.8. The van der Waals surface area contributed by atoms with E-state index in [1.54, 1.807) is 18.2 Å². The van der Waals surface area contributed by atoms with Gasteiger partial charge in [-0.25, -0.2) is 0 Å². The molecule has 0 aromatic heterocycles. The molecule has 5 nitrogen and oxygen atoms in total. The normalized spacial score (nSPS) is 16.6. The van der Waals surface area contributed by atoms with E-state index in [2.05, 4.69) is 5.32 Å². The Balaban J connectivity index is 1.74. The Hall–Kier alpha value is -3.41. The maximum absolute atomic E-state index is 12.8. The van der Waals surface area contributed by atoms with Crippen LogP contribution in [0.25, 0.3) is 5.57 Å². The highest BCUT2D eigenvalue weighted by Crippen LogP contribution is 2.31. The van der Waals surface area contributed by atoms with Crippen molar-refractivity contribution in [3.8, 4) is 5.75 Å². The van der Waals surface area contributed by atoms with Gasteiger partial charge in [0, 0.05) is 6.54 Å². The molecule has 0 fully saturated rings. The second-order valence-corrected chi connectivity index (χ2v) is 6.61. The molecule has 0 saturated heterocycles. The average Bonchev–Trinajstić information content (AvgIpc) is 2.85. The van der Waals surface area contributed by atoms with Gasteiger partial charge in [0.25, 0.3) is 5.91 Å². The average molecular weight is 371 g/mol. The molecule has 0 spiro atoms. The van der Waals surface area contributed by atoms with Crippen LogP contribution in [-0.4, -0.2) is 22.2 Å². The summed E-state index contributed by atoms with van der Waals surface area (Å²) in [7, 11) is 0. The summed E-state index contributed by atoms with van der Waals surface area (Å²) < 4.78 is 0. The van der Waals surface area contributed by atoms with E-state index < -0.39 is 12.1 Å². The standard InChI is InChI=1S/C23H19N2O3/c26-21-13-7-6-12-19(21)23(27)24-22-14-20(16-8-2-1-3-9-16)18-11-5-4-10-17(18)15-25(22)28/h1-14,22,26H,15H2,(H,24,27)/q-1. The maximum atomic E-state index is 12.8. The van der Waals surface area contributed by atoms with Crippen LogP contribution < -0.4 is 5.32 Å². The number of hydroxylamine groups is 2. The molecule has 28 heavy (non-hydrogen) atoms. The summed E-state index contributed by atoms with van der Waals surface area (Å²) in [5.41, 5.74) is 3.84. The van der Waals surface area contributed by atoms with Gasteiger partial charge in [-0.2, -0.15) is 0 Å². The number of carbonyl (C=O) groups is 1. The number of nitrogens with zero attached hydrogens (tertiary/aromatic N) is 1. The highest BCUT2D eigenvalue weighted by Gasteiger charge is 2.22. The highest BCUT2D eigenvalue weighted by atomic mass is 16.5. The van der Waals surface area contributed by atoms with Gasteiger partial charge in [0.15, 0.2) is 0 Å². The molecule has 0 bridgehead atoms. The number of aromatic hydroxyl groups is 1. The minimum Gasteiger partial charge on any atom is -0.783 e. The zero-order valence-electron chi connectivity index (χ0n) is 15.1. The van der Waals surface area contributed by atoms with E-state index in [0.717, 1.165) is 27.3 Å². The fourth-order valence-electron chi connectivity index (χ4n) is 3.38. The van der Waals surface area contributed by atoms with Gasteiger partial charge in [-0.05, 0) is 40.5 Å². The zero-order valence-corrected chi connectivity index (χ0v) is 15.1. The van der Waals surface area contributed by atoms with E-state index in [0.29, 0.717) is 0 Å². The third-order valence-corrected chi connectivity index (χ3v) is 4.78. The van der Waals surface area contributed by atoms with Crippen LogP contribution in [0.15, 0.2) is 84.9 Å². The number of fused-ring (bicyclic) bond motifs is 1. The Bertz CT molecular complexity index is 1030. The summed E-state index contributed by atoms with van der Waals surface area (Å²) in [5, 5.41) is 26.3. The van der Waals surface area contributed by atoms with E-state index >= 15 is 0 Å². The fourth-order valence-corrected chi connectivity index (χ4v) is 3.38. The Morgan fingerprint density at radius 3 is 2.43 bits per heavy atom. The molecular weight excluding hydrogens is 352 g/mol. The number of hydrogen-bond acceptors (Lipinski definition) is 4. The van der Waals surface area contributed by atoms with Crippen LogP contribution in [0.5, 0.6) is 5.75 Å². The first-order valence-corrected chi connectivity index (χ1v) is 9.01. The van der Waals surface area contributed by atoms with Crippen LogP contribution in [0.4, 0.5) is 0 Å². The van der Waals surface area contributed by atoms with Gasteiger partial charge in [0.1, 0.15) is 5.75 Å². The molecule has 0 saturated carbocycles. The summed E-state index contributed by atoms with van der Waals surface area (Å²) in [4.78, 5) is 12.6. The molecule has 1 heterocycles. The minimum atomic E-state index is -0.866. The van der Waals surface area contributed by atoms with Gasteiger partial charge < -0.3 is 20.7 Å². The Labute approximate surface area is 163 Å². The highest BCUT2D eigenvalue weighted by molar-refractivity contribution is 5.97. The Morgan fingerprint density at radius 1 is 0.964 bits per heavy atom. The van der Waals surface area contributed by atoms with Crippen LogP contribution >= 0.6 is 0 Å². The largest absolute Gasteiger partial charge is 0.783 e.